The molecule has 3 rings (SSSR count). The minimum Gasteiger partial charge on any atom is -0.295 e. The summed E-state index contributed by atoms with van der Waals surface area (Å²) in [6.45, 7) is 1.29. The molecule has 29 heavy (non-hydrogen) atoms. The average Bonchev–Trinajstić information content (AvgIpc) is 3.17. The standard InChI is InChI=1S/C18H18N6O4S/c1-12(25)13-5-7-14(8-6-13)29(27,28)20-11-9-16(26)21-18-22-17(23-24-18)15-4-2-3-10-19-15/h2-8,10,20H,9,11H2,1H3,(H2,21,22,23,24,26). The second-order valence-electron chi connectivity index (χ2n) is 6.00. The van der Waals surface area contributed by atoms with Gasteiger partial charge in [0, 0.05) is 24.7 Å². The Morgan fingerprint density at radius 3 is 2.52 bits per heavy atom. The zero-order valence-corrected chi connectivity index (χ0v) is 16.2. The number of H-pyrrole nitrogens is 1. The van der Waals surface area contributed by atoms with E-state index in [-0.39, 0.29) is 29.6 Å². The number of aromatic nitrogens is 4. The van der Waals surface area contributed by atoms with E-state index < -0.39 is 15.9 Å². The highest BCUT2D eigenvalue weighted by atomic mass is 32.2. The normalized spacial score (nSPS) is 11.2. The molecule has 3 N–H and O–H groups in total. The molecule has 10 nitrogen and oxygen atoms in total. The number of benzene rings is 1. The van der Waals surface area contributed by atoms with Gasteiger partial charge in [0.2, 0.25) is 21.9 Å². The fourth-order valence-electron chi connectivity index (χ4n) is 2.37. The van der Waals surface area contributed by atoms with Crippen molar-refractivity contribution >= 4 is 27.7 Å². The molecule has 0 aliphatic carbocycles. The van der Waals surface area contributed by atoms with Crippen LogP contribution in [0.5, 0.6) is 0 Å². The van der Waals surface area contributed by atoms with Crippen molar-refractivity contribution in [3.8, 4) is 11.5 Å². The highest BCUT2D eigenvalue weighted by Crippen LogP contribution is 2.13. The van der Waals surface area contributed by atoms with Gasteiger partial charge in [-0.2, -0.15) is 4.98 Å². The Morgan fingerprint density at radius 2 is 1.86 bits per heavy atom. The number of ketones is 1. The first-order valence-electron chi connectivity index (χ1n) is 8.59. The lowest BCUT2D eigenvalue weighted by atomic mass is 10.2. The Kier molecular flexibility index (Phi) is 6.10. The van der Waals surface area contributed by atoms with Gasteiger partial charge >= 0.3 is 0 Å². The Hall–Kier alpha value is -3.44. The van der Waals surface area contributed by atoms with Crippen molar-refractivity contribution in [2.75, 3.05) is 11.9 Å². The van der Waals surface area contributed by atoms with Gasteiger partial charge in [-0.05, 0) is 31.2 Å². The maximum Gasteiger partial charge on any atom is 0.249 e. The highest BCUT2D eigenvalue weighted by molar-refractivity contribution is 7.89. The molecule has 3 aromatic rings. The van der Waals surface area contributed by atoms with Gasteiger partial charge in [0.25, 0.3) is 0 Å². The minimum atomic E-state index is -3.79. The maximum atomic E-state index is 12.2. The third-order valence-corrected chi connectivity index (χ3v) is 5.34. The molecule has 0 fully saturated rings. The van der Waals surface area contributed by atoms with Gasteiger partial charge in [0.1, 0.15) is 5.69 Å². The molecule has 1 aromatic carbocycles. The molecule has 0 saturated carbocycles. The molecule has 11 heteroatoms. The van der Waals surface area contributed by atoms with Gasteiger partial charge in [-0.15, -0.1) is 5.10 Å². The van der Waals surface area contributed by atoms with Crippen LogP contribution in [0.4, 0.5) is 5.95 Å². The number of pyridine rings is 1. The summed E-state index contributed by atoms with van der Waals surface area (Å²) in [5.74, 6) is -0.142. The number of aromatic amines is 1. The average molecular weight is 414 g/mol. The quantitative estimate of drug-likeness (QED) is 0.472. The number of sulfonamides is 1. The van der Waals surface area contributed by atoms with Crippen molar-refractivity contribution in [3.05, 3.63) is 54.2 Å². The van der Waals surface area contributed by atoms with Crippen molar-refractivity contribution in [2.24, 2.45) is 0 Å². The highest BCUT2D eigenvalue weighted by Gasteiger charge is 2.15. The molecular weight excluding hydrogens is 396 g/mol. The summed E-state index contributed by atoms with van der Waals surface area (Å²) in [6.07, 6.45) is 1.49. The number of nitrogens with zero attached hydrogens (tertiary/aromatic N) is 3. The van der Waals surface area contributed by atoms with Gasteiger partial charge in [0.05, 0.1) is 4.90 Å². The lowest BCUT2D eigenvalue weighted by Crippen LogP contribution is -2.28. The summed E-state index contributed by atoms with van der Waals surface area (Å²) in [5.41, 5.74) is 0.990. The van der Waals surface area contributed by atoms with Gasteiger partial charge < -0.3 is 0 Å². The minimum absolute atomic E-state index is 0.0110. The lowest BCUT2D eigenvalue weighted by Gasteiger charge is -2.07. The molecule has 0 saturated heterocycles. The Balaban J connectivity index is 1.52. The molecular formula is C18H18N6O4S. The molecule has 0 aliphatic heterocycles. The van der Waals surface area contributed by atoms with Crippen molar-refractivity contribution in [3.63, 3.8) is 0 Å². The number of anilines is 1. The first-order valence-corrected chi connectivity index (χ1v) is 10.1. The maximum absolute atomic E-state index is 12.2. The molecule has 0 bridgehead atoms. The van der Waals surface area contributed by atoms with E-state index >= 15 is 0 Å². The van der Waals surface area contributed by atoms with E-state index in [1.54, 1.807) is 24.4 Å². The van der Waals surface area contributed by atoms with E-state index in [1.165, 1.54) is 31.2 Å². The van der Waals surface area contributed by atoms with Crippen LogP contribution in [0.15, 0.2) is 53.6 Å². The number of Topliss-reactive ketones (excluding diaryl/α,β-unsaturated/α-hetero) is 1. The predicted octanol–water partition coefficient (Wildman–Crippen LogP) is 1.38. The second-order valence-corrected chi connectivity index (χ2v) is 7.77. The van der Waals surface area contributed by atoms with E-state index in [1.807, 2.05) is 0 Å². The number of carbonyl (C=O) groups excluding carboxylic acids is 2. The number of carbonyl (C=O) groups is 2. The van der Waals surface area contributed by atoms with Crippen molar-refractivity contribution in [1.29, 1.82) is 0 Å². The lowest BCUT2D eigenvalue weighted by molar-refractivity contribution is -0.116. The van der Waals surface area contributed by atoms with Gasteiger partial charge in [-0.3, -0.25) is 25.0 Å². The number of nitrogens with one attached hydrogen (secondary N) is 3. The zero-order valence-electron chi connectivity index (χ0n) is 15.4. The molecule has 2 aromatic heterocycles. The predicted molar refractivity (Wildman–Crippen MR) is 104 cm³/mol. The first kappa shape index (κ1) is 20.3. The zero-order chi connectivity index (χ0) is 20.9. The summed E-state index contributed by atoms with van der Waals surface area (Å²) in [6, 6.07) is 10.9. The first-order chi connectivity index (χ1) is 13.8. The van der Waals surface area contributed by atoms with Crippen LogP contribution in [0.25, 0.3) is 11.5 Å². The van der Waals surface area contributed by atoms with Crippen LogP contribution in [0, 0.1) is 0 Å². The fourth-order valence-corrected chi connectivity index (χ4v) is 3.41. The number of rotatable bonds is 8. The smallest absolute Gasteiger partial charge is 0.249 e. The largest absolute Gasteiger partial charge is 0.295 e. The van der Waals surface area contributed by atoms with Crippen molar-refractivity contribution in [1.82, 2.24) is 24.9 Å². The van der Waals surface area contributed by atoms with Crippen LogP contribution in [0.1, 0.15) is 23.7 Å². The van der Waals surface area contributed by atoms with Crippen LogP contribution < -0.4 is 10.0 Å². The van der Waals surface area contributed by atoms with Crippen LogP contribution in [0.2, 0.25) is 0 Å². The van der Waals surface area contributed by atoms with Crippen LogP contribution in [0.3, 0.4) is 0 Å². The van der Waals surface area contributed by atoms with Crippen molar-refractivity contribution < 1.29 is 18.0 Å². The van der Waals surface area contributed by atoms with E-state index in [4.69, 9.17) is 0 Å². The summed E-state index contributed by atoms with van der Waals surface area (Å²) >= 11 is 0. The molecule has 1 amide bonds. The van der Waals surface area contributed by atoms with E-state index in [0.29, 0.717) is 17.1 Å². The topological polar surface area (TPSA) is 147 Å². The third kappa shape index (κ3) is 5.30. The summed E-state index contributed by atoms with van der Waals surface area (Å²) in [4.78, 5) is 31.5. The van der Waals surface area contributed by atoms with Crippen LogP contribution in [-0.4, -0.2) is 46.8 Å². The monoisotopic (exact) mass is 414 g/mol. The van der Waals surface area contributed by atoms with Crippen LogP contribution in [-0.2, 0) is 14.8 Å². The third-order valence-electron chi connectivity index (χ3n) is 3.86. The Morgan fingerprint density at radius 1 is 1.10 bits per heavy atom. The van der Waals surface area contributed by atoms with Gasteiger partial charge in [-0.1, -0.05) is 18.2 Å². The van der Waals surface area contributed by atoms with E-state index in [9.17, 15) is 18.0 Å². The summed E-state index contributed by atoms with van der Waals surface area (Å²) < 4.78 is 26.8. The molecule has 0 radical (unpaired) electrons. The molecule has 150 valence electrons. The van der Waals surface area contributed by atoms with Gasteiger partial charge in [-0.25, -0.2) is 13.1 Å². The number of amides is 1. The molecule has 0 spiro atoms. The molecule has 2 heterocycles. The molecule has 0 aliphatic rings. The SMILES string of the molecule is CC(=O)c1ccc(S(=O)(=O)NCCC(=O)Nc2n[nH]c(-c3ccccn3)n2)cc1. The second kappa shape index (κ2) is 8.71. The van der Waals surface area contributed by atoms with Crippen molar-refractivity contribution in [2.45, 2.75) is 18.2 Å². The van der Waals surface area contributed by atoms with Crippen LogP contribution >= 0.6 is 0 Å². The van der Waals surface area contributed by atoms with Gasteiger partial charge in [0.15, 0.2) is 11.6 Å². The Bertz CT molecular complexity index is 1110. The Labute approximate surface area is 166 Å². The fraction of sp³-hybridized carbons (Fsp3) is 0.167. The number of hydrogen-bond donors (Lipinski definition) is 3. The van der Waals surface area contributed by atoms with E-state index in [0.717, 1.165) is 0 Å². The summed E-state index contributed by atoms with van der Waals surface area (Å²) in [5, 5.41) is 9.04. The molecule has 0 unspecified atom stereocenters. The van der Waals surface area contributed by atoms with E-state index in [2.05, 4.69) is 30.2 Å². The summed E-state index contributed by atoms with van der Waals surface area (Å²) in [7, 11) is -3.79. The number of hydrogen-bond acceptors (Lipinski definition) is 7. The molecule has 0 atom stereocenters.